The van der Waals surface area contributed by atoms with E-state index in [1.54, 1.807) is 6.92 Å². The lowest BCUT2D eigenvalue weighted by Gasteiger charge is -2.45. The number of likely N-dealkylation sites (tertiary alicyclic amines) is 2. The zero-order valence-electron chi connectivity index (χ0n) is 15.8. The van der Waals surface area contributed by atoms with Gasteiger partial charge in [-0.3, -0.25) is 14.4 Å². The van der Waals surface area contributed by atoms with Gasteiger partial charge in [-0.05, 0) is 25.0 Å². The largest absolute Gasteiger partial charge is 0.486 e. The van der Waals surface area contributed by atoms with Gasteiger partial charge in [0.1, 0.15) is 11.4 Å². The highest BCUT2D eigenvalue weighted by Crippen LogP contribution is 2.39. The molecule has 0 aromatic heterocycles. The number of carbonyl (C=O) groups is 3. The summed E-state index contributed by atoms with van der Waals surface area (Å²) in [6.07, 6.45) is 3.24. The number of fused-ring (bicyclic) bond motifs is 1. The number of nitrogens with zero attached hydrogens (tertiary/aromatic N) is 2. The molecule has 6 heteroatoms. The van der Waals surface area contributed by atoms with Gasteiger partial charge in [0.2, 0.25) is 11.8 Å². The van der Waals surface area contributed by atoms with Crippen LogP contribution in [0.2, 0.25) is 0 Å². The van der Waals surface area contributed by atoms with Gasteiger partial charge in [-0.25, -0.2) is 0 Å². The molecule has 4 rings (SSSR count). The molecule has 2 saturated heterocycles. The highest BCUT2D eigenvalue weighted by atomic mass is 16.5. The molecule has 0 unspecified atom stereocenters. The first kappa shape index (κ1) is 18.0. The third-order valence-electron chi connectivity index (χ3n) is 6.27. The van der Waals surface area contributed by atoms with Crippen LogP contribution in [0.25, 0.3) is 0 Å². The van der Waals surface area contributed by atoms with Crippen molar-refractivity contribution < 1.29 is 19.1 Å². The third-order valence-corrected chi connectivity index (χ3v) is 6.27. The highest BCUT2D eigenvalue weighted by Gasteiger charge is 2.44. The summed E-state index contributed by atoms with van der Waals surface area (Å²) >= 11 is 0. The van der Waals surface area contributed by atoms with Gasteiger partial charge in [0.15, 0.2) is 5.78 Å². The van der Waals surface area contributed by atoms with Crippen molar-refractivity contribution in [3.63, 3.8) is 0 Å². The number of hydrogen-bond acceptors (Lipinski definition) is 4. The second-order valence-corrected chi connectivity index (χ2v) is 7.99. The van der Waals surface area contributed by atoms with Crippen LogP contribution in [0.4, 0.5) is 0 Å². The summed E-state index contributed by atoms with van der Waals surface area (Å²) < 4.78 is 6.24. The molecule has 0 saturated carbocycles. The number of benzene rings is 1. The molecule has 3 aliphatic heterocycles. The minimum atomic E-state index is -0.472. The molecular formula is C21H26N2O4. The molecule has 0 aliphatic carbocycles. The van der Waals surface area contributed by atoms with Crippen LogP contribution in [0, 0.1) is 5.92 Å². The van der Waals surface area contributed by atoms with Gasteiger partial charge in [-0.15, -0.1) is 0 Å². The smallest absolute Gasteiger partial charge is 0.225 e. The summed E-state index contributed by atoms with van der Waals surface area (Å²) in [6.45, 7) is 4.16. The summed E-state index contributed by atoms with van der Waals surface area (Å²) in [4.78, 5) is 40.6. The highest BCUT2D eigenvalue weighted by molar-refractivity contribution is 6.00. The molecule has 3 aliphatic rings. The molecule has 1 aromatic carbocycles. The van der Waals surface area contributed by atoms with E-state index >= 15 is 0 Å². The second kappa shape index (κ2) is 6.98. The van der Waals surface area contributed by atoms with Crippen molar-refractivity contribution >= 4 is 17.6 Å². The number of Topliss-reactive ketones (excluding diaryl/α,β-unsaturated/α-hetero) is 1. The summed E-state index contributed by atoms with van der Waals surface area (Å²) in [6, 6.07) is 7.42. The molecule has 0 N–H and O–H groups in total. The van der Waals surface area contributed by atoms with Gasteiger partial charge in [0.05, 0.1) is 12.0 Å². The van der Waals surface area contributed by atoms with Crippen LogP contribution >= 0.6 is 0 Å². The number of ether oxygens (including phenoxy) is 1. The van der Waals surface area contributed by atoms with Crippen LogP contribution < -0.4 is 4.74 Å². The van der Waals surface area contributed by atoms with Crippen molar-refractivity contribution in [2.75, 3.05) is 26.2 Å². The topological polar surface area (TPSA) is 66.9 Å². The standard InChI is InChI=1S/C21H26N2O4/c1-15(24)22-10-6-16(7-11-22)20(26)23-12-8-21(9-13-23)14-18(25)17-4-2-3-5-19(17)27-21/h2-5,16H,6-14H2,1H3. The molecule has 0 radical (unpaired) electrons. The van der Waals surface area contributed by atoms with Gasteiger partial charge in [0.25, 0.3) is 0 Å². The fourth-order valence-electron chi connectivity index (χ4n) is 4.56. The summed E-state index contributed by atoms with van der Waals surface area (Å²) in [7, 11) is 0. The first-order valence-electron chi connectivity index (χ1n) is 9.83. The molecule has 0 atom stereocenters. The van der Waals surface area contributed by atoms with Crippen molar-refractivity contribution in [3.05, 3.63) is 29.8 Å². The Morgan fingerprint density at radius 1 is 1.04 bits per heavy atom. The van der Waals surface area contributed by atoms with Crippen LogP contribution in [0.5, 0.6) is 5.75 Å². The number of hydrogen-bond donors (Lipinski definition) is 0. The number of ketones is 1. The molecule has 0 bridgehead atoms. The van der Waals surface area contributed by atoms with E-state index in [0.717, 1.165) is 12.8 Å². The molecule has 144 valence electrons. The average Bonchev–Trinajstić information content (AvgIpc) is 2.68. The Bertz CT molecular complexity index is 759. The van der Waals surface area contributed by atoms with E-state index in [1.165, 1.54) is 0 Å². The van der Waals surface area contributed by atoms with Crippen LogP contribution in [0.15, 0.2) is 24.3 Å². The first-order chi connectivity index (χ1) is 13.0. The average molecular weight is 370 g/mol. The zero-order chi connectivity index (χ0) is 19.0. The van der Waals surface area contributed by atoms with Gasteiger partial charge >= 0.3 is 0 Å². The SMILES string of the molecule is CC(=O)N1CCC(C(=O)N2CCC3(CC2)CC(=O)c2ccccc2O3)CC1. The fourth-order valence-corrected chi connectivity index (χ4v) is 4.56. The molecule has 1 spiro atoms. The Labute approximate surface area is 159 Å². The van der Waals surface area contributed by atoms with Crippen molar-refractivity contribution in [2.24, 2.45) is 5.92 Å². The zero-order valence-corrected chi connectivity index (χ0v) is 15.8. The molecule has 27 heavy (non-hydrogen) atoms. The van der Waals surface area contributed by atoms with Crippen molar-refractivity contribution in [1.82, 2.24) is 9.80 Å². The monoisotopic (exact) mass is 370 g/mol. The molecule has 2 amide bonds. The van der Waals surface area contributed by atoms with Crippen LogP contribution in [0.1, 0.15) is 49.4 Å². The predicted molar refractivity (Wildman–Crippen MR) is 99.5 cm³/mol. The van der Waals surface area contributed by atoms with E-state index in [4.69, 9.17) is 4.74 Å². The first-order valence-corrected chi connectivity index (χ1v) is 9.83. The van der Waals surface area contributed by atoms with Crippen LogP contribution in [0.3, 0.4) is 0 Å². The van der Waals surface area contributed by atoms with E-state index in [9.17, 15) is 14.4 Å². The van der Waals surface area contributed by atoms with E-state index in [1.807, 2.05) is 34.1 Å². The van der Waals surface area contributed by atoms with E-state index in [0.29, 0.717) is 56.8 Å². The second-order valence-electron chi connectivity index (χ2n) is 7.99. The van der Waals surface area contributed by atoms with Crippen LogP contribution in [-0.4, -0.2) is 59.2 Å². The van der Waals surface area contributed by atoms with Gasteiger partial charge in [-0.1, -0.05) is 12.1 Å². The Kier molecular flexibility index (Phi) is 4.66. The van der Waals surface area contributed by atoms with E-state index in [2.05, 4.69) is 0 Å². The molecule has 2 fully saturated rings. The summed E-state index contributed by atoms with van der Waals surface area (Å²) in [5.41, 5.74) is 0.194. The number of rotatable bonds is 1. The summed E-state index contributed by atoms with van der Waals surface area (Å²) in [5, 5.41) is 0. The fraction of sp³-hybridized carbons (Fsp3) is 0.571. The Hall–Kier alpha value is -2.37. The Balaban J connectivity index is 1.36. The van der Waals surface area contributed by atoms with Gasteiger partial charge < -0.3 is 14.5 Å². The number of piperidine rings is 2. The number of para-hydroxylation sites is 1. The Morgan fingerprint density at radius 3 is 2.37 bits per heavy atom. The molecule has 6 nitrogen and oxygen atoms in total. The lowest BCUT2D eigenvalue weighted by atomic mass is 9.82. The maximum absolute atomic E-state index is 12.9. The van der Waals surface area contributed by atoms with Crippen molar-refractivity contribution in [3.8, 4) is 5.75 Å². The van der Waals surface area contributed by atoms with E-state index < -0.39 is 5.60 Å². The van der Waals surface area contributed by atoms with Gasteiger partial charge in [-0.2, -0.15) is 0 Å². The van der Waals surface area contributed by atoms with E-state index in [-0.39, 0.29) is 23.5 Å². The van der Waals surface area contributed by atoms with Crippen molar-refractivity contribution in [2.45, 2.75) is 44.6 Å². The lowest BCUT2D eigenvalue weighted by molar-refractivity contribution is -0.143. The molecular weight excluding hydrogens is 344 g/mol. The number of carbonyl (C=O) groups excluding carboxylic acids is 3. The minimum absolute atomic E-state index is 0.00396. The van der Waals surface area contributed by atoms with Crippen molar-refractivity contribution in [1.29, 1.82) is 0 Å². The Morgan fingerprint density at radius 2 is 1.70 bits per heavy atom. The minimum Gasteiger partial charge on any atom is -0.486 e. The molecule has 3 heterocycles. The quantitative estimate of drug-likeness (QED) is 0.761. The molecule has 1 aromatic rings. The lowest BCUT2D eigenvalue weighted by Crippen LogP contribution is -2.54. The maximum atomic E-state index is 12.9. The normalized spacial score (nSPS) is 22.3. The van der Waals surface area contributed by atoms with Crippen LogP contribution in [-0.2, 0) is 9.59 Å². The van der Waals surface area contributed by atoms with Gasteiger partial charge in [0, 0.05) is 51.9 Å². The summed E-state index contributed by atoms with van der Waals surface area (Å²) in [5.74, 6) is 1.08. The third kappa shape index (κ3) is 3.45. The maximum Gasteiger partial charge on any atom is 0.225 e. The number of amides is 2. The predicted octanol–water partition coefficient (Wildman–Crippen LogP) is 2.27.